The minimum Gasteiger partial charge on any atom is -0.478 e. The maximum absolute atomic E-state index is 15.6. The summed E-state index contributed by atoms with van der Waals surface area (Å²) in [5.41, 5.74) is 2.71. The van der Waals surface area contributed by atoms with E-state index in [0.717, 1.165) is 43.5 Å². The number of H-pyrrole nitrogens is 2. The first-order valence-electron chi connectivity index (χ1n) is 12.7. The fourth-order valence-electron chi connectivity index (χ4n) is 5.94. The van der Waals surface area contributed by atoms with Crippen molar-refractivity contribution in [2.24, 2.45) is 5.92 Å². The molecule has 8 rings (SSSR count). The van der Waals surface area contributed by atoms with E-state index in [1.165, 1.54) is 29.1 Å². The van der Waals surface area contributed by atoms with Gasteiger partial charge in [-0.3, -0.25) is 4.79 Å². The number of aromatic carboxylic acids is 1. The van der Waals surface area contributed by atoms with Gasteiger partial charge in [-0.05, 0) is 62.2 Å². The van der Waals surface area contributed by atoms with E-state index in [2.05, 4.69) is 25.2 Å². The lowest BCUT2D eigenvalue weighted by atomic mass is 9.83. The van der Waals surface area contributed by atoms with Crippen LogP contribution in [0.15, 0.2) is 59.7 Å². The average molecular weight is 513 g/mol. The van der Waals surface area contributed by atoms with Crippen LogP contribution >= 0.6 is 0 Å². The summed E-state index contributed by atoms with van der Waals surface area (Å²) in [6.45, 7) is 3.01. The smallest absolute Gasteiger partial charge is 0.337 e. The van der Waals surface area contributed by atoms with Gasteiger partial charge in [0.1, 0.15) is 17.2 Å². The molecule has 3 saturated heterocycles. The molecule has 3 aliphatic heterocycles. The Morgan fingerprint density at radius 2 is 1.92 bits per heavy atom. The van der Waals surface area contributed by atoms with Crippen LogP contribution in [0.1, 0.15) is 23.2 Å². The van der Waals surface area contributed by atoms with Crippen LogP contribution in [0.2, 0.25) is 0 Å². The van der Waals surface area contributed by atoms with E-state index in [1.54, 1.807) is 6.07 Å². The largest absolute Gasteiger partial charge is 0.478 e. The number of benzene rings is 2. The van der Waals surface area contributed by atoms with E-state index in [4.69, 9.17) is 0 Å². The molecule has 3 aliphatic rings. The molecule has 6 heterocycles. The van der Waals surface area contributed by atoms with E-state index in [9.17, 15) is 14.7 Å². The molecule has 2 aromatic carbocycles. The maximum Gasteiger partial charge on any atom is 0.337 e. The van der Waals surface area contributed by atoms with E-state index in [0.29, 0.717) is 33.9 Å². The molecule has 1 atom stereocenters. The van der Waals surface area contributed by atoms with Gasteiger partial charge in [-0.1, -0.05) is 12.1 Å². The molecular weight excluding hydrogens is 487 g/mol. The number of halogens is 1. The van der Waals surface area contributed by atoms with E-state index in [1.807, 2.05) is 24.3 Å². The van der Waals surface area contributed by atoms with Crippen molar-refractivity contribution < 1.29 is 14.3 Å². The van der Waals surface area contributed by atoms with Crippen LogP contribution < -0.4 is 10.9 Å². The zero-order chi connectivity index (χ0) is 26.0. The first-order valence-corrected chi connectivity index (χ1v) is 12.7. The number of pyridine rings is 1. The molecule has 0 unspecified atom stereocenters. The summed E-state index contributed by atoms with van der Waals surface area (Å²) in [6.07, 6.45) is 4.99. The predicted molar refractivity (Wildman–Crippen MR) is 142 cm³/mol. The Morgan fingerprint density at radius 3 is 2.63 bits per heavy atom. The molecule has 0 saturated carbocycles. The highest BCUT2D eigenvalue weighted by Crippen LogP contribution is 2.37. The number of aromatic amines is 2. The van der Waals surface area contributed by atoms with Gasteiger partial charge in [0.2, 0.25) is 0 Å². The van der Waals surface area contributed by atoms with Gasteiger partial charge in [-0.25, -0.2) is 14.2 Å². The second kappa shape index (κ2) is 8.56. The van der Waals surface area contributed by atoms with Crippen molar-refractivity contribution in [3.05, 3.63) is 76.6 Å². The molecule has 38 heavy (non-hydrogen) atoms. The first kappa shape index (κ1) is 22.7. The van der Waals surface area contributed by atoms with Crippen LogP contribution in [0.25, 0.3) is 39.0 Å². The SMILES string of the molecule is O=C(O)c1ccn(-c2cc3[nH]c(=O)c(-c4nc5ccccc5[nH]4)c(N[C@H]4CN5CCC4CC5)c3cc2F)c1. The lowest BCUT2D eigenvalue weighted by Crippen LogP contribution is -2.53. The Hall–Kier alpha value is -4.44. The number of fused-ring (bicyclic) bond motifs is 5. The minimum absolute atomic E-state index is 0.0444. The first-order chi connectivity index (χ1) is 18.4. The molecule has 192 valence electrons. The van der Waals surface area contributed by atoms with Crippen molar-refractivity contribution in [2.45, 2.75) is 18.9 Å². The Labute approximate surface area is 215 Å². The van der Waals surface area contributed by atoms with Crippen molar-refractivity contribution in [1.82, 2.24) is 24.4 Å². The van der Waals surface area contributed by atoms with Crippen molar-refractivity contribution in [1.29, 1.82) is 0 Å². The van der Waals surface area contributed by atoms with E-state index < -0.39 is 11.8 Å². The van der Waals surface area contributed by atoms with Crippen LogP contribution in [0, 0.1) is 11.7 Å². The number of hydrogen-bond acceptors (Lipinski definition) is 5. The zero-order valence-electron chi connectivity index (χ0n) is 20.4. The summed E-state index contributed by atoms with van der Waals surface area (Å²) in [7, 11) is 0. The Morgan fingerprint density at radius 1 is 1.11 bits per heavy atom. The number of rotatable bonds is 5. The third-order valence-electron chi connectivity index (χ3n) is 7.91. The summed E-state index contributed by atoms with van der Waals surface area (Å²) in [6, 6.07) is 12.0. The van der Waals surface area contributed by atoms with E-state index >= 15 is 4.39 Å². The number of carboxylic acid groups (broad SMARTS) is 1. The number of para-hydroxylation sites is 2. The highest BCUT2D eigenvalue weighted by molar-refractivity contribution is 6.00. The lowest BCUT2D eigenvalue weighted by Gasteiger charge is -2.45. The number of imidazole rings is 1. The Kier molecular flexibility index (Phi) is 5.12. The van der Waals surface area contributed by atoms with Crippen molar-refractivity contribution in [2.75, 3.05) is 25.0 Å². The number of carbonyl (C=O) groups is 1. The molecule has 0 aliphatic carbocycles. The van der Waals surface area contributed by atoms with E-state index in [-0.39, 0.29) is 22.9 Å². The number of hydrogen-bond donors (Lipinski definition) is 4. The number of nitrogens with zero attached hydrogens (tertiary/aromatic N) is 3. The van der Waals surface area contributed by atoms with Gasteiger partial charge >= 0.3 is 5.97 Å². The molecular formula is C28H25FN6O3. The molecule has 9 nitrogen and oxygen atoms in total. The Bertz CT molecular complexity index is 1750. The number of anilines is 1. The highest BCUT2D eigenvalue weighted by Gasteiger charge is 2.35. The summed E-state index contributed by atoms with van der Waals surface area (Å²) in [4.78, 5) is 38.2. The lowest BCUT2D eigenvalue weighted by molar-refractivity contribution is 0.0697. The van der Waals surface area contributed by atoms with Gasteiger partial charge in [-0.2, -0.15) is 0 Å². The molecule has 2 bridgehead atoms. The number of piperidine rings is 3. The quantitative estimate of drug-likeness (QED) is 0.280. The fraction of sp³-hybridized carbons (Fsp3) is 0.250. The molecule has 3 aromatic heterocycles. The van der Waals surface area contributed by atoms with Gasteiger partial charge < -0.3 is 29.9 Å². The van der Waals surface area contributed by atoms with Gasteiger partial charge in [0.15, 0.2) is 0 Å². The van der Waals surface area contributed by atoms with Crippen molar-refractivity contribution in [3.63, 3.8) is 0 Å². The number of nitrogens with one attached hydrogen (secondary N) is 3. The Balaban J connectivity index is 1.42. The van der Waals surface area contributed by atoms with Crippen molar-refractivity contribution >= 4 is 33.6 Å². The molecule has 4 N–H and O–H groups in total. The molecule has 0 spiro atoms. The summed E-state index contributed by atoms with van der Waals surface area (Å²) in [5, 5.41) is 13.4. The second-order valence-corrected chi connectivity index (χ2v) is 10.2. The van der Waals surface area contributed by atoms with Crippen LogP contribution in [-0.2, 0) is 0 Å². The number of carboxylic acids is 1. The monoisotopic (exact) mass is 512 g/mol. The maximum atomic E-state index is 15.6. The predicted octanol–water partition coefficient (Wildman–Crippen LogP) is 4.21. The topological polar surface area (TPSA) is 119 Å². The second-order valence-electron chi connectivity index (χ2n) is 10.2. The normalized spacial score (nSPS) is 20.8. The van der Waals surface area contributed by atoms with Crippen molar-refractivity contribution in [3.8, 4) is 17.1 Å². The fourth-order valence-corrected chi connectivity index (χ4v) is 5.94. The summed E-state index contributed by atoms with van der Waals surface area (Å²) in [5.74, 6) is -0.752. The number of aromatic nitrogens is 4. The molecule has 10 heteroatoms. The minimum atomic E-state index is -1.10. The zero-order valence-corrected chi connectivity index (χ0v) is 20.4. The summed E-state index contributed by atoms with van der Waals surface area (Å²) >= 11 is 0. The van der Waals surface area contributed by atoms with Crippen LogP contribution in [0.3, 0.4) is 0 Å². The van der Waals surface area contributed by atoms with Gasteiger partial charge in [0.05, 0.1) is 33.5 Å². The third kappa shape index (κ3) is 3.67. The van der Waals surface area contributed by atoms with Crippen LogP contribution in [0.4, 0.5) is 10.1 Å². The third-order valence-corrected chi connectivity index (χ3v) is 7.91. The van der Waals surface area contributed by atoms with Crippen LogP contribution in [-0.4, -0.2) is 61.2 Å². The molecule has 0 radical (unpaired) electrons. The van der Waals surface area contributed by atoms with Gasteiger partial charge in [0, 0.05) is 30.4 Å². The van der Waals surface area contributed by atoms with Crippen LogP contribution in [0.5, 0.6) is 0 Å². The molecule has 0 amide bonds. The summed E-state index contributed by atoms with van der Waals surface area (Å²) < 4.78 is 17.0. The standard InChI is InChI=1S/C28H25FN6O3/c29-18-11-17-21(12-23(18)35-10-7-16(13-35)28(37)38)33-27(36)24(26-31-19-3-1-2-4-20(19)32-26)25(17)30-22-14-34-8-5-15(22)6-9-34/h1-4,7,10-13,15,22H,5-6,8-9,14H2,(H,31,32)(H,37,38)(H2,30,33,36)/t22-/m0/s1. The molecule has 5 aromatic rings. The average Bonchev–Trinajstić information content (AvgIpc) is 3.57. The molecule has 3 fully saturated rings. The highest BCUT2D eigenvalue weighted by atomic mass is 19.1. The van der Waals surface area contributed by atoms with Gasteiger partial charge in [0.25, 0.3) is 5.56 Å². The van der Waals surface area contributed by atoms with Gasteiger partial charge in [-0.15, -0.1) is 0 Å².